The summed E-state index contributed by atoms with van der Waals surface area (Å²) in [6.45, 7) is 3.35. The highest BCUT2D eigenvalue weighted by Gasteiger charge is 2.24. The van der Waals surface area contributed by atoms with E-state index in [1.165, 1.54) is 16.7 Å². The molecular formula is C22H23N5O. The van der Waals surface area contributed by atoms with Crippen molar-refractivity contribution < 1.29 is 4.79 Å². The Labute approximate surface area is 164 Å². The minimum absolute atomic E-state index is 0.121. The highest BCUT2D eigenvalue weighted by atomic mass is 16.2. The zero-order chi connectivity index (χ0) is 19.3. The summed E-state index contributed by atoms with van der Waals surface area (Å²) in [5, 5.41) is 14.0. The fourth-order valence-corrected chi connectivity index (χ4v) is 3.35. The van der Waals surface area contributed by atoms with Gasteiger partial charge in [0, 0.05) is 18.8 Å². The minimum Gasteiger partial charge on any atom is -0.337 e. The van der Waals surface area contributed by atoms with Crippen LogP contribution in [0.2, 0.25) is 0 Å². The third-order valence-corrected chi connectivity index (χ3v) is 5.02. The Hall–Kier alpha value is -3.41. The molecule has 1 aromatic heterocycles. The van der Waals surface area contributed by atoms with Gasteiger partial charge in [0.15, 0.2) is 11.5 Å². The second kappa shape index (κ2) is 8.08. The second-order valence-electron chi connectivity index (χ2n) is 6.79. The van der Waals surface area contributed by atoms with Gasteiger partial charge in [-0.25, -0.2) is 0 Å². The predicted octanol–water partition coefficient (Wildman–Crippen LogP) is 4.04. The molecule has 28 heavy (non-hydrogen) atoms. The van der Waals surface area contributed by atoms with Gasteiger partial charge in [-0.15, -0.1) is 10.2 Å². The molecule has 142 valence electrons. The topological polar surface area (TPSA) is 73.9 Å². The van der Waals surface area contributed by atoms with Gasteiger partial charge in [0.05, 0.1) is 0 Å². The van der Waals surface area contributed by atoms with Crippen molar-refractivity contribution in [3.8, 4) is 0 Å². The number of nitrogens with zero attached hydrogens (tertiary/aromatic N) is 3. The molecule has 1 aliphatic rings. The number of aromatic amines is 1. The molecule has 0 atom stereocenters. The van der Waals surface area contributed by atoms with Crippen molar-refractivity contribution in [1.82, 2.24) is 20.3 Å². The first-order valence-electron chi connectivity index (χ1n) is 9.55. The molecule has 6 nitrogen and oxygen atoms in total. The molecule has 2 N–H and O–H groups in total. The number of hydrogen-bond acceptors (Lipinski definition) is 4. The van der Waals surface area contributed by atoms with Gasteiger partial charge in [-0.3, -0.25) is 4.79 Å². The lowest BCUT2D eigenvalue weighted by atomic mass is 9.99. The summed E-state index contributed by atoms with van der Waals surface area (Å²) in [5.74, 6) is 0.330. The van der Waals surface area contributed by atoms with E-state index in [1.807, 2.05) is 30.3 Å². The van der Waals surface area contributed by atoms with Crippen molar-refractivity contribution in [2.24, 2.45) is 0 Å². The summed E-state index contributed by atoms with van der Waals surface area (Å²) in [5.41, 5.74) is 4.95. The molecule has 6 heteroatoms. The largest absolute Gasteiger partial charge is 0.337 e. The predicted molar refractivity (Wildman–Crippen MR) is 110 cm³/mol. The summed E-state index contributed by atoms with van der Waals surface area (Å²) in [6.07, 6.45) is 3.93. The van der Waals surface area contributed by atoms with Crippen molar-refractivity contribution in [3.05, 3.63) is 77.5 Å². The van der Waals surface area contributed by atoms with Gasteiger partial charge in [-0.1, -0.05) is 55.5 Å². The fourth-order valence-electron chi connectivity index (χ4n) is 3.35. The molecule has 1 aliphatic heterocycles. The van der Waals surface area contributed by atoms with E-state index in [0.717, 1.165) is 18.5 Å². The first-order valence-corrected chi connectivity index (χ1v) is 9.55. The molecular weight excluding hydrogens is 350 g/mol. The van der Waals surface area contributed by atoms with Crippen LogP contribution in [0.15, 0.2) is 60.7 Å². The standard InChI is InChI=1S/C22H23N5O/c1-2-16-8-10-19(11-9-16)23-21-20(24-26-25-21)22(28)27-14-12-18(13-15-27)17-6-4-3-5-7-17/h3-12H,2,13-15H2,1H3,(H2,23,24,25,26). The number of carbonyl (C=O) groups is 1. The average molecular weight is 373 g/mol. The van der Waals surface area contributed by atoms with E-state index in [9.17, 15) is 4.79 Å². The summed E-state index contributed by atoms with van der Waals surface area (Å²) < 4.78 is 0. The van der Waals surface area contributed by atoms with E-state index in [2.05, 4.69) is 58.0 Å². The fraction of sp³-hybridized carbons (Fsp3) is 0.227. The molecule has 0 saturated heterocycles. The molecule has 2 aromatic carbocycles. The number of H-pyrrole nitrogens is 1. The first kappa shape index (κ1) is 18.0. The summed E-state index contributed by atoms with van der Waals surface area (Å²) >= 11 is 0. The SMILES string of the molecule is CCc1ccc(Nc2n[nH]nc2C(=O)N2CC=C(c3ccccc3)CC2)cc1. The molecule has 0 saturated carbocycles. The number of amides is 1. The number of benzene rings is 2. The minimum atomic E-state index is -0.121. The van der Waals surface area contributed by atoms with E-state index in [-0.39, 0.29) is 5.91 Å². The summed E-state index contributed by atoms with van der Waals surface area (Å²) in [7, 11) is 0. The van der Waals surface area contributed by atoms with Gasteiger partial charge in [0.1, 0.15) is 0 Å². The van der Waals surface area contributed by atoms with Crippen LogP contribution in [0, 0.1) is 0 Å². The van der Waals surface area contributed by atoms with Crippen LogP contribution in [0.25, 0.3) is 5.57 Å². The van der Waals surface area contributed by atoms with Crippen molar-refractivity contribution >= 4 is 23.0 Å². The molecule has 0 aliphatic carbocycles. The molecule has 0 fully saturated rings. The van der Waals surface area contributed by atoms with E-state index in [0.29, 0.717) is 24.6 Å². The van der Waals surface area contributed by atoms with Gasteiger partial charge in [0.2, 0.25) is 0 Å². The van der Waals surface area contributed by atoms with Crippen LogP contribution in [0.4, 0.5) is 11.5 Å². The van der Waals surface area contributed by atoms with Crippen LogP contribution in [0.1, 0.15) is 35.0 Å². The van der Waals surface area contributed by atoms with Gasteiger partial charge < -0.3 is 10.2 Å². The summed E-state index contributed by atoms with van der Waals surface area (Å²) in [4.78, 5) is 14.8. The van der Waals surface area contributed by atoms with Crippen molar-refractivity contribution in [2.45, 2.75) is 19.8 Å². The molecule has 0 bridgehead atoms. The van der Waals surface area contributed by atoms with E-state index in [4.69, 9.17) is 0 Å². The quantitative estimate of drug-likeness (QED) is 0.708. The van der Waals surface area contributed by atoms with Gasteiger partial charge in [-0.2, -0.15) is 5.21 Å². The van der Waals surface area contributed by atoms with Crippen LogP contribution < -0.4 is 5.32 Å². The molecule has 2 heterocycles. The number of aryl methyl sites for hydroxylation is 1. The number of hydrogen-bond donors (Lipinski definition) is 2. The third kappa shape index (κ3) is 3.81. The Kier molecular flexibility index (Phi) is 5.19. The van der Waals surface area contributed by atoms with Crippen LogP contribution in [0.5, 0.6) is 0 Å². The van der Waals surface area contributed by atoms with Gasteiger partial charge in [-0.05, 0) is 41.7 Å². The molecule has 1 amide bonds. The van der Waals surface area contributed by atoms with Gasteiger partial charge >= 0.3 is 0 Å². The Morgan fingerprint density at radius 3 is 2.57 bits per heavy atom. The maximum atomic E-state index is 12.9. The Morgan fingerprint density at radius 1 is 1.11 bits per heavy atom. The van der Waals surface area contributed by atoms with Crippen LogP contribution in [0.3, 0.4) is 0 Å². The molecule has 0 radical (unpaired) electrons. The molecule has 0 unspecified atom stereocenters. The first-order chi connectivity index (χ1) is 13.7. The zero-order valence-electron chi connectivity index (χ0n) is 15.9. The molecule has 0 spiro atoms. The third-order valence-electron chi connectivity index (χ3n) is 5.02. The van der Waals surface area contributed by atoms with Gasteiger partial charge in [0.25, 0.3) is 5.91 Å². The van der Waals surface area contributed by atoms with Crippen molar-refractivity contribution in [3.63, 3.8) is 0 Å². The molecule has 3 aromatic rings. The smallest absolute Gasteiger partial charge is 0.278 e. The van der Waals surface area contributed by atoms with Crippen molar-refractivity contribution in [1.29, 1.82) is 0 Å². The lowest BCUT2D eigenvalue weighted by molar-refractivity contribution is 0.0768. The number of anilines is 2. The Bertz CT molecular complexity index is 976. The van der Waals surface area contributed by atoms with E-state index in [1.54, 1.807) is 4.90 Å². The number of nitrogens with one attached hydrogen (secondary N) is 2. The number of rotatable bonds is 5. The van der Waals surface area contributed by atoms with Crippen LogP contribution in [-0.4, -0.2) is 39.3 Å². The van der Waals surface area contributed by atoms with E-state index >= 15 is 0 Å². The normalized spacial score (nSPS) is 13.9. The average Bonchev–Trinajstić information content (AvgIpc) is 3.22. The van der Waals surface area contributed by atoms with Crippen LogP contribution in [-0.2, 0) is 6.42 Å². The second-order valence-corrected chi connectivity index (χ2v) is 6.79. The maximum absolute atomic E-state index is 12.9. The number of aromatic nitrogens is 3. The Morgan fingerprint density at radius 2 is 1.89 bits per heavy atom. The molecule has 4 rings (SSSR count). The van der Waals surface area contributed by atoms with Crippen LogP contribution >= 0.6 is 0 Å². The highest BCUT2D eigenvalue weighted by Crippen LogP contribution is 2.24. The van der Waals surface area contributed by atoms with Crippen molar-refractivity contribution in [2.75, 3.05) is 18.4 Å². The lowest BCUT2D eigenvalue weighted by Crippen LogP contribution is -2.35. The Balaban J connectivity index is 1.46. The lowest BCUT2D eigenvalue weighted by Gasteiger charge is -2.26. The monoisotopic (exact) mass is 373 g/mol. The highest BCUT2D eigenvalue weighted by molar-refractivity contribution is 5.97. The van der Waals surface area contributed by atoms with E-state index < -0.39 is 0 Å². The number of carbonyl (C=O) groups excluding carboxylic acids is 1. The zero-order valence-corrected chi connectivity index (χ0v) is 15.9. The summed E-state index contributed by atoms with van der Waals surface area (Å²) in [6, 6.07) is 18.4. The maximum Gasteiger partial charge on any atom is 0.278 e.